The van der Waals surface area contributed by atoms with Crippen LogP contribution in [0.1, 0.15) is 24.8 Å². The molecule has 1 N–H and O–H groups in total. The molecule has 0 amide bonds. The third-order valence-electron chi connectivity index (χ3n) is 3.01. The second-order valence-corrected chi connectivity index (χ2v) is 4.53. The Bertz CT molecular complexity index is 311. The molecule has 0 aliphatic heterocycles. The molecule has 1 saturated carbocycles. The van der Waals surface area contributed by atoms with E-state index in [4.69, 9.17) is 11.6 Å². The summed E-state index contributed by atoms with van der Waals surface area (Å²) in [6, 6.07) is 7.93. The van der Waals surface area contributed by atoms with Crippen LogP contribution in [0.15, 0.2) is 24.3 Å². The molecule has 1 aromatic carbocycles. The number of hydrogen-bond donors (Lipinski definition) is 1. The molecule has 1 nitrogen and oxygen atoms in total. The van der Waals surface area contributed by atoms with Gasteiger partial charge in [-0.15, -0.1) is 0 Å². The normalized spacial score (nSPS) is 26.7. The van der Waals surface area contributed by atoms with Crippen molar-refractivity contribution in [1.82, 2.24) is 0 Å². The summed E-state index contributed by atoms with van der Waals surface area (Å²) in [5.74, 6) is 0.438. The van der Waals surface area contributed by atoms with E-state index in [0.717, 1.165) is 30.7 Å². The van der Waals surface area contributed by atoms with E-state index in [-0.39, 0.29) is 6.10 Å². The largest absolute Gasteiger partial charge is 0.393 e. The van der Waals surface area contributed by atoms with Crippen LogP contribution in [-0.4, -0.2) is 11.2 Å². The number of rotatable bonds is 2. The molecule has 1 aliphatic rings. The van der Waals surface area contributed by atoms with Crippen LogP contribution in [0.2, 0.25) is 5.02 Å². The van der Waals surface area contributed by atoms with Gasteiger partial charge in [-0.1, -0.05) is 30.2 Å². The van der Waals surface area contributed by atoms with E-state index in [0.29, 0.717) is 5.92 Å². The number of halogens is 1. The zero-order valence-corrected chi connectivity index (χ0v) is 8.87. The first-order valence-electron chi connectivity index (χ1n) is 5.18. The van der Waals surface area contributed by atoms with Gasteiger partial charge in [0.05, 0.1) is 6.10 Å². The average Bonchev–Trinajstić information content (AvgIpc) is 2.52. The van der Waals surface area contributed by atoms with Gasteiger partial charge in [-0.3, -0.25) is 0 Å². The van der Waals surface area contributed by atoms with E-state index in [9.17, 15) is 5.11 Å². The van der Waals surface area contributed by atoms with Crippen LogP contribution in [0.25, 0.3) is 0 Å². The first-order chi connectivity index (χ1) is 6.75. The summed E-state index contributed by atoms with van der Waals surface area (Å²) in [5, 5.41) is 10.5. The van der Waals surface area contributed by atoms with Crippen molar-refractivity contribution in [3.05, 3.63) is 34.9 Å². The van der Waals surface area contributed by atoms with Crippen molar-refractivity contribution < 1.29 is 5.11 Å². The Balaban J connectivity index is 2.03. The number of benzene rings is 1. The monoisotopic (exact) mass is 210 g/mol. The van der Waals surface area contributed by atoms with Gasteiger partial charge in [0.15, 0.2) is 0 Å². The van der Waals surface area contributed by atoms with Crippen molar-refractivity contribution in [2.24, 2.45) is 5.92 Å². The Kier molecular flexibility index (Phi) is 3.09. The van der Waals surface area contributed by atoms with Crippen molar-refractivity contribution in [2.75, 3.05) is 0 Å². The Hall–Kier alpha value is -0.530. The fourth-order valence-electron chi connectivity index (χ4n) is 2.22. The van der Waals surface area contributed by atoms with Crippen LogP contribution in [0.3, 0.4) is 0 Å². The fourth-order valence-corrected chi connectivity index (χ4v) is 2.43. The third kappa shape index (κ3) is 2.28. The number of aliphatic hydroxyl groups excluding tert-OH is 1. The van der Waals surface area contributed by atoms with Gasteiger partial charge in [-0.2, -0.15) is 0 Å². The molecule has 2 rings (SSSR count). The molecule has 14 heavy (non-hydrogen) atoms. The lowest BCUT2D eigenvalue weighted by atomic mass is 9.96. The topological polar surface area (TPSA) is 20.2 Å². The van der Waals surface area contributed by atoms with Crippen LogP contribution < -0.4 is 0 Å². The van der Waals surface area contributed by atoms with Crippen molar-refractivity contribution in [3.8, 4) is 0 Å². The summed E-state index contributed by atoms with van der Waals surface area (Å²) >= 11 is 5.90. The van der Waals surface area contributed by atoms with Gasteiger partial charge in [0.1, 0.15) is 0 Å². The summed E-state index contributed by atoms with van der Waals surface area (Å²) < 4.78 is 0. The van der Waals surface area contributed by atoms with Crippen molar-refractivity contribution in [3.63, 3.8) is 0 Å². The lowest BCUT2D eigenvalue weighted by Crippen LogP contribution is -2.15. The highest BCUT2D eigenvalue weighted by atomic mass is 35.5. The molecule has 1 aliphatic carbocycles. The SMILES string of the molecule is O[C@H]1CCC[C@H]1Cc1cccc(Cl)c1. The van der Waals surface area contributed by atoms with Crippen molar-refractivity contribution in [2.45, 2.75) is 31.8 Å². The Labute approximate surface area is 89.7 Å². The van der Waals surface area contributed by atoms with Gasteiger partial charge in [0, 0.05) is 5.02 Å². The average molecular weight is 211 g/mol. The van der Waals surface area contributed by atoms with Crippen LogP contribution in [-0.2, 0) is 6.42 Å². The molecule has 2 heteroatoms. The van der Waals surface area contributed by atoms with Gasteiger partial charge in [-0.25, -0.2) is 0 Å². The highest BCUT2D eigenvalue weighted by Gasteiger charge is 2.24. The summed E-state index contributed by atoms with van der Waals surface area (Å²) in [4.78, 5) is 0. The van der Waals surface area contributed by atoms with E-state index in [2.05, 4.69) is 6.07 Å². The second kappa shape index (κ2) is 4.33. The van der Waals surface area contributed by atoms with E-state index < -0.39 is 0 Å². The van der Waals surface area contributed by atoms with E-state index in [1.165, 1.54) is 5.56 Å². The second-order valence-electron chi connectivity index (χ2n) is 4.09. The van der Waals surface area contributed by atoms with Crippen molar-refractivity contribution in [1.29, 1.82) is 0 Å². The fraction of sp³-hybridized carbons (Fsp3) is 0.500. The van der Waals surface area contributed by atoms with Gasteiger partial charge in [-0.05, 0) is 42.9 Å². The van der Waals surface area contributed by atoms with Crippen LogP contribution >= 0.6 is 11.6 Å². The molecule has 0 radical (unpaired) electrons. The smallest absolute Gasteiger partial charge is 0.0571 e. The maximum atomic E-state index is 9.69. The maximum Gasteiger partial charge on any atom is 0.0571 e. The molecule has 0 unspecified atom stereocenters. The minimum atomic E-state index is -0.103. The van der Waals surface area contributed by atoms with Gasteiger partial charge in [0.25, 0.3) is 0 Å². The lowest BCUT2D eigenvalue weighted by Gasteiger charge is -2.14. The first kappa shape index (κ1) is 10.0. The summed E-state index contributed by atoms with van der Waals surface area (Å²) in [5.41, 5.74) is 1.24. The third-order valence-corrected chi connectivity index (χ3v) is 3.24. The lowest BCUT2D eigenvalue weighted by molar-refractivity contribution is 0.132. The van der Waals surface area contributed by atoms with Crippen molar-refractivity contribution >= 4 is 11.6 Å². The van der Waals surface area contributed by atoms with Crippen LogP contribution in [0.4, 0.5) is 0 Å². The first-order valence-corrected chi connectivity index (χ1v) is 5.56. The predicted octanol–water partition coefficient (Wildman–Crippen LogP) is 3.04. The van der Waals surface area contributed by atoms with Gasteiger partial charge in [0.2, 0.25) is 0 Å². The van der Waals surface area contributed by atoms with E-state index >= 15 is 0 Å². The quantitative estimate of drug-likeness (QED) is 0.796. The standard InChI is InChI=1S/C12H15ClO/c13-11-5-1-3-9(8-11)7-10-4-2-6-12(10)14/h1,3,5,8,10,12,14H,2,4,6-7H2/t10-,12-/m0/s1. The molecule has 76 valence electrons. The highest BCUT2D eigenvalue weighted by molar-refractivity contribution is 6.30. The Morgan fingerprint density at radius 1 is 1.36 bits per heavy atom. The minimum absolute atomic E-state index is 0.103. The Morgan fingerprint density at radius 3 is 2.86 bits per heavy atom. The number of hydrogen-bond acceptors (Lipinski definition) is 1. The molecule has 0 aromatic heterocycles. The summed E-state index contributed by atoms with van der Waals surface area (Å²) in [7, 11) is 0. The predicted molar refractivity (Wildman–Crippen MR) is 58.5 cm³/mol. The zero-order valence-electron chi connectivity index (χ0n) is 8.12. The Morgan fingerprint density at radius 2 is 2.21 bits per heavy atom. The highest BCUT2D eigenvalue weighted by Crippen LogP contribution is 2.29. The molecule has 0 spiro atoms. The maximum absolute atomic E-state index is 9.69. The molecule has 0 bridgehead atoms. The number of aliphatic hydroxyl groups is 1. The summed E-state index contributed by atoms with van der Waals surface area (Å²) in [6.07, 6.45) is 4.13. The molecule has 0 saturated heterocycles. The summed E-state index contributed by atoms with van der Waals surface area (Å²) in [6.45, 7) is 0. The van der Waals surface area contributed by atoms with Gasteiger partial charge < -0.3 is 5.11 Å². The molecule has 2 atom stereocenters. The molecular formula is C12H15ClO. The van der Waals surface area contributed by atoms with E-state index in [1.54, 1.807) is 0 Å². The van der Waals surface area contributed by atoms with Crippen LogP contribution in [0, 0.1) is 5.92 Å². The molecule has 1 fully saturated rings. The molecule has 0 heterocycles. The minimum Gasteiger partial charge on any atom is -0.393 e. The molecular weight excluding hydrogens is 196 g/mol. The zero-order chi connectivity index (χ0) is 9.97. The van der Waals surface area contributed by atoms with Gasteiger partial charge >= 0.3 is 0 Å². The van der Waals surface area contributed by atoms with E-state index in [1.807, 2.05) is 18.2 Å². The van der Waals surface area contributed by atoms with Crippen LogP contribution in [0.5, 0.6) is 0 Å². The molecule has 1 aromatic rings.